The SMILES string of the molecule is CCCCCC(=O)OCCCC(N)C(=O)O. The maximum Gasteiger partial charge on any atom is 0.320 e. The van der Waals surface area contributed by atoms with Crippen molar-refractivity contribution in [1.82, 2.24) is 0 Å². The molecule has 0 saturated carbocycles. The third-order valence-corrected chi connectivity index (χ3v) is 2.22. The summed E-state index contributed by atoms with van der Waals surface area (Å²) in [6.07, 6.45) is 4.22. The van der Waals surface area contributed by atoms with Crippen molar-refractivity contribution >= 4 is 11.9 Å². The minimum atomic E-state index is -1.02. The lowest BCUT2D eigenvalue weighted by Crippen LogP contribution is -2.30. The van der Waals surface area contributed by atoms with Gasteiger partial charge >= 0.3 is 11.9 Å². The summed E-state index contributed by atoms with van der Waals surface area (Å²) >= 11 is 0. The Morgan fingerprint density at radius 3 is 2.56 bits per heavy atom. The number of nitrogens with two attached hydrogens (primary N) is 1. The van der Waals surface area contributed by atoms with E-state index in [0.717, 1.165) is 19.3 Å². The average molecular weight is 231 g/mol. The van der Waals surface area contributed by atoms with Crippen molar-refractivity contribution in [1.29, 1.82) is 0 Å². The summed E-state index contributed by atoms with van der Waals surface area (Å²) in [5.74, 6) is -1.23. The number of carboxylic acids is 1. The molecule has 0 heterocycles. The number of carbonyl (C=O) groups is 2. The normalized spacial score (nSPS) is 12.1. The number of carboxylic acid groups (broad SMARTS) is 1. The van der Waals surface area contributed by atoms with Crippen LogP contribution in [-0.2, 0) is 14.3 Å². The zero-order chi connectivity index (χ0) is 12.4. The first kappa shape index (κ1) is 14.9. The lowest BCUT2D eigenvalue weighted by Gasteiger charge is -2.07. The van der Waals surface area contributed by atoms with Crippen LogP contribution in [0.4, 0.5) is 0 Å². The van der Waals surface area contributed by atoms with E-state index in [2.05, 4.69) is 6.92 Å². The van der Waals surface area contributed by atoms with Gasteiger partial charge in [-0.2, -0.15) is 0 Å². The average Bonchev–Trinajstić information content (AvgIpc) is 2.24. The highest BCUT2D eigenvalue weighted by Crippen LogP contribution is 2.02. The molecule has 3 N–H and O–H groups in total. The Morgan fingerprint density at radius 2 is 2.00 bits per heavy atom. The molecule has 0 fully saturated rings. The minimum Gasteiger partial charge on any atom is -0.480 e. The smallest absolute Gasteiger partial charge is 0.320 e. The van der Waals surface area contributed by atoms with Gasteiger partial charge in [0.15, 0.2) is 0 Å². The van der Waals surface area contributed by atoms with Crippen LogP contribution in [0.2, 0.25) is 0 Å². The second kappa shape index (κ2) is 9.15. The molecule has 5 nitrogen and oxygen atoms in total. The molecule has 0 aromatic heterocycles. The third-order valence-electron chi connectivity index (χ3n) is 2.22. The van der Waals surface area contributed by atoms with Crippen molar-refractivity contribution in [2.24, 2.45) is 5.73 Å². The Hall–Kier alpha value is -1.10. The second-order valence-electron chi connectivity index (χ2n) is 3.76. The zero-order valence-electron chi connectivity index (χ0n) is 9.78. The third kappa shape index (κ3) is 8.23. The van der Waals surface area contributed by atoms with Crippen LogP contribution in [0.3, 0.4) is 0 Å². The zero-order valence-corrected chi connectivity index (χ0v) is 9.78. The molecule has 0 aliphatic carbocycles. The molecule has 0 saturated heterocycles. The Bertz CT molecular complexity index is 218. The van der Waals surface area contributed by atoms with Gasteiger partial charge in [0, 0.05) is 6.42 Å². The molecule has 0 bridgehead atoms. The van der Waals surface area contributed by atoms with Crippen molar-refractivity contribution in [2.75, 3.05) is 6.61 Å². The summed E-state index contributed by atoms with van der Waals surface area (Å²) in [7, 11) is 0. The van der Waals surface area contributed by atoms with Crippen LogP contribution in [-0.4, -0.2) is 29.7 Å². The maximum absolute atomic E-state index is 11.1. The van der Waals surface area contributed by atoms with Gasteiger partial charge in [0.1, 0.15) is 6.04 Å². The van der Waals surface area contributed by atoms with E-state index in [0.29, 0.717) is 19.3 Å². The maximum atomic E-state index is 11.1. The van der Waals surface area contributed by atoms with Gasteiger partial charge in [0.25, 0.3) is 0 Å². The van der Waals surface area contributed by atoms with Crippen LogP contribution >= 0.6 is 0 Å². The van der Waals surface area contributed by atoms with E-state index in [4.69, 9.17) is 15.6 Å². The molecule has 1 atom stereocenters. The first-order valence-corrected chi connectivity index (χ1v) is 5.72. The molecule has 0 amide bonds. The van der Waals surface area contributed by atoms with Crippen molar-refractivity contribution in [2.45, 2.75) is 51.5 Å². The molecular weight excluding hydrogens is 210 g/mol. The van der Waals surface area contributed by atoms with E-state index < -0.39 is 12.0 Å². The Labute approximate surface area is 96.0 Å². The van der Waals surface area contributed by atoms with E-state index in [-0.39, 0.29) is 12.6 Å². The highest BCUT2D eigenvalue weighted by molar-refractivity contribution is 5.73. The summed E-state index contributed by atoms with van der Waals surface area (Å²) in [5.41, 5.74) is 5.29. The molecule has 94 valence electrons. The van der Waals surface area contributed by atoms with Gasteiger partial charge in [-0.15, -0.1) is 0 Å². The lowest BCUT2D eigenvalue weighted by atomic mass is 10.2. The molecule has 0 spiro atoms. The molecular formula is C11H21NO4. The van der Waals surface area contributed by atoms with Gasteiger partial charge in [-0.25, -0.2) is 0 Å². The number of aliphatic carboxylic acids is 1. The summed E-state index contributed by atoms with van der Waals surface area (Å²) in [6, 6.07) is -0.862. The molecule has 5 heteroatoms. The minimum absolute atomic E-state index is 0.211. The number of unbranched alkanes of at least 4 members (excludes halogenated alkanes) is 2. The largest absolute Gasteiger partial charge is 0.480 e. The monoisotopic (exact) mass is 231 g/mol. The quantitative estimate of drug-likeness (QED) is 0.461. The number of hydrogen-bond donors (Lipinski definition) is 2. The van der Waals surface area contributed by atoms with Crippen LogP contribution in [0.15, 0.2) is 0 Å². The predicted molar refractivity (Wildman–Crippen MR) is 59.9 cm³/mol. The van der Waals surface area contributed by atoms with Crippen molar-refractivity contribution in [3.05, 3.63) is 0 Å². The van der Waals surface area contributed by atoms with Crippen LogP contribution in [0, 0.1) is 0 Å². The number of rotatable bonds is 9. The van der Waals surface area contributed by atoms with E-state index in [1.165, 1.54) is 0 Å². The Balaban J connectivity index is 3.37. The van der Waals surface area contributed by atoms with E-state index in [1.54, 1.807) is 0 Å². The molecule has 0 aromatic rings. The molecule has 0 radical (unpaired) electrons. The number of carbonyl (C=O) groups excluding carboxylic acids is 1. The molecule has 0 aliphatic heterocycles. The fourth-order valence-electron chi connectivity index (χ4n) is 1.20. The van der Waals surface area contributed by atoms with Crippen molar-refractivity contribution in [3.63, 3.8) is 0 Å². The van der Waals surface area contributed by atoms with E-state index >= 15 is 0 Å². The Morgan fingerprint density at radius 1 is 1.31 bits per heavy atom. The lowest BCUT2D eigenvalue weighted by molar-refractivity contribution is -0.143. The molecule has 0 aliphatic rings. The first-order chi connectivity index (χ1) is 7.57. The topological polar surface area (TPSA) is 89.6 Å². The number of ether oxygens (including phenoxy) is 1. The molecule has 0 rings (SSSR count). The highest BCUT2D eigenvalue weighted by Gasteiger charge is 2.10. The number of hydrogen-bond acceptors (Lipinski definition) is 4. The van der Waals surface area contributed by atoms with Crippen molar-refractivity contribution in [3.8, 4) is 0 Å². The van der Waals surface area contributed by atoms with Gasteiger partial charge < -0.3 is 15.6 Å². The van der Waals surface area contributed by atoms with Gasteiger partial charge in [-0.3, -0.25) is 9.59 Å². The summed E-state index contributed by atoms with van der Waals surface area (Å²) in [5, 5.41) is 8.50. The molecule has 16 heavy (non-hydrogen) atoms. The first-order valence-electron chi connectivity index (χ1n) is 5.72. The summed E-state index contributed by atoms with van der Waals surface area (Å²) in [6.45, 7) is 2.32. The summed E-state index contributed by atoms with van der Waals surface area (Å²) < 4.78 is 4.93. The molecule has 0 aromatic carbocycles. The van der Waals surface area contributed by atoms with Crippen LogP contribution in [0.1, 0.15) is 45.4 Å². The molecule has 1 unspecified atom stereocenters. The fraction of sp³-hybridized carbons (Fsp3) is 0.818. The standard InChI is InChI=1S/C11H21NO4/c1-2-3-4-7-10(13)16-8-5-6-9(12)11(14)15/h9H,2-8,12H2,1H3,(H,14,15). The summed E-state index contributed by atoms with van der Waals surface area (Å²) in [4.78, 5) is 21.5. The fourth-order valence-corrected chi connectivity index (χ4v) is 1.20. The van der Waals surface area contributed by atoms with Crippen LogP contribution in [0.5, 0.6) is 0 Å². The van der Waals surface area contributed by atoms with Gasteiger partial charge in [0.2, 0.25) is 0 Å². The van der Waals surface area contributed by atoms with Crippen LogP contribution < -0.4 is 5.73 Å². The van der Waals surface area contributed by atoms with E-state index in [1.807, 2.05) is 0 Å². The second-order valence-corrected chi connectivity index (χ2v) is 3.76. The highest BCUT2D eigenvalue weighted by atomic mass is 16.5. The van der Waals surface area contributed by atoms with Gasteiger partial charge in [0.05, 0.1) is 6.61 Å². The Kier molecular flexibility index (Phi) is 8.52. The van der Waals surface area contributed by atoms with Crippen molar-refractivity contribution < 1.29 is 19.4 Å². The van der Waals surface area contributed by atoms with Crippen LogP contribution in [0.25, 0.3) is 0 Å². The number of esters is 1. The predicted octanol–water partition coefficient (Wildman–Crippen LogP) is 1.30. The van der Waals surface area contributed by atoms with E-state index in [9.17, 15) is 9.59 Å². The van der Waals surface area contributed by atoms with Gasteiger partial charge in [-0.1, -0.05) is 19.8 Å². The van der Waals surface area contributed by atoms with Gasteiger partial charge in [-0.05, 0) is 19.3 Å².